The van der Waals surface area contributed by atoms with E-state index in [1.165, 1.54) is 17.8 Å². The van der Waals surface area contributed by atoms with Crippen LogP contribution in [0, 0.1) is 5.82 Å². The monoisotopic (exact) mass is 310 g/mol. The zero-order valence-electron chi connectivity index (χ0n) is 10.5. The molecule has 0 radical (unpaired) electrons. The van der Waals surface area contributed by atoms with Crippen LogP contribution in [0.5, 0.6) is 0 Å². The van der Waals surface area contributed by atoms with E-state index in [0.717, 1.165) is 5.56 Å². The van der Waals surface area contributed by atoms with Crippen LogP contribution in [0.3, 0.4) is 0 Å². The third kappa shape index (κ3) is 3.74. The minimum Gasteiger partial charge on any atom is -0.478 e. The van der Waals surface area contributed by atoms with Crippen LogP contribution < -0.4 is 0 Å². The molecule has 0 heterocycles. The van der Waals surface area contributed by atoms with Crippen molar-refractivity contribution < 1.29 is 14.3 Å². The van der Waals surface area contributed by atoms with Crippen LogP contribution in [0.4, 0.5) is 4.39 Å². The largest absolute Gasteiger partial charge is 0.478 e. The van der Waals surface area contributed by atoms with Crippen molar-refractivity contribution in [2.75, 3.05) is 0 Å². The number of hydrogen-bond donors (Lipinski definition) is 1. The molecule has 0 aromatic heterocycles. The number of carboxylic acid groups (broad SMARTS) is 1. The summed E-state index contributed by atoms with van der Waals surface area (Å²) in [5.41, 5.74) is 1.63. The summed E-state index contributed by atoms with van der Waals surface area (Å²) in [5, 5.41) is 9.33. The van der Waals surface area contributed by atoms with Crippen molar-refractivity contribution in [3.63, 3.8) is 0 Å². The SMILES string of the molecule is O=C(O)c1cccc(CSCc2c(F)cccc2Cl)c1. The molecule has 2 rings (SSSR count). The highest BCUT2D eigenvalue weighted by Crippen LogP contribution is 2.26. The average molecular weight is 311 g/mol. The molecule has 0 spiro atoms. The molecule has 0 saturated carbocycles. The molecule has 0 unspecified atom stereocenters. The minimum absolute atomic E-state index is 0.257. The molecule has 0 aliphatic carbocycles. The first-order valence-corrected chi connectivity index (χ1v) is 7.44. The van der Waals surface area contributed by atoms with Crippen molar-refractivity contribution in [1.29, 1.82) is 0 Å². The molecule has 104 valence electrons. The third-order valence-electron chi connectivity index (χ3n) is 2.75. The van der Waals surface area contributed by atoms with Crippen LogP contribution >= 0.6 is 23.4 Å². The van der Waals surface area contributed by atoms with E-state index < -0.39 is 5.97 Å². The molecule has 0 aliphatic rings. The molecule has 2 aromatic rings. The molecule has 0 aliphatic heterocycles. The topological polar surface area (TPSA) is 37.3 Å². The van der Waals surface area contributed by atoms with E-state index in [2.05, 4.69) is 0 Å². The molecule has 0 bridgehead atoms. The molecule has 20 heavy (non-hydrogen) atoms. The molecular weight excluding hydrogens is 299 g/mol. The van der Waals surface area contributed by atoms with Gasteiger partial charge in [0.25, 0.3) is 0 Å². The van der Waals surface area contributed by atoms with Gasteiger partial charge in [-0.15, -0.1) is 0 Å². The average Bonchev–Trinajstić information content (AvgIpc) is 2.42. The maximum atomic E-state index is 13.6. The highest BCUT2D eigenvalue weighted by atomic mass is 35.5. The van der Waals surface area contributed by atoms with Gasteiger partial charge in [-0.3, -0.25) is 0 Å². The van der Waals surface area contributed by atoms with Crippen LogP contribution in [-0.2, 0) is 11.5 Å². The fraction of sp³-hybridized carbons (Fsp3) is 0.133. The summed E-state index contributed by atoms with van der Waals surface area (Å²) in [7, 11) is 0. The zero-order valence-corrected chi connectivity index (χ0v) is 12.0. The third-order valence-corrected chi connectivity index (χ3v) is 4.14. The zero-order chi connectivity index (χ0) is 14.5. The van der Waals surface area contributed by atoms with E-state index in [1.54, 1.807) is 30.3 Å². The Hall–Kier alpha value is -1.52. The standard InChI is InChI=1S/C15H12ClFO2S/c16-13-5-2-6-14(17)12(13)9-20-8-10-3-1-4-11(7-10)15(18)19/h1-7H,8-9H2,(H,18,19). The van der Waals surface area contributed by atoms with Gasteiger partial charge in [-0.2, -0.15) is 11.8 Å². The second-order valence-electron chi connectivity index (χ2n) is 4.20. The summed E-state index contributed by atoms with van der Waals surface area (Å²) < 4.78 is 13.6. The Morgan fingerprint density at radius 2 is 1.95 bits per heavy atom. The lowest BCUT2D eigenvalue weighted by Crippen LogP contribution is -1.96. The normalized spacial score (nSPS) is 10.5. The van der Waals surface area contributed by atoms with Crippen molar-refractivity contribution >= 4 is 29.3 Å². The summed E-state index contributed by atoms with van der Waals surface area (Å²) >= 11 is 7.44. The summed E-state index contributed by atoms with van der Waals surface area (Å²) in [5.74, 6) is -0.215. The summed E-state index contributed by atoms with van der Waals surface area (Å²) in [6.07, 6.45) is 0. The van der Waals surface area contributed by atoms with Gasteiger partial charge in [0, 0.05) is 22.1 Å². The van der Waals surface area contributed by atoms with Crippen LogP contribution in [0.15, 0.2) is 42.5 Å². The van der Waals surface area contributed by atoms with Gasteiger partial charge in [-0.1, -0.05) is 29.8 Å². The minimum atomic E-state index is -0.950. The lowest BCUT2D eigenvalue weighted by Gasteiger charge is -2.06. The number of rotatable bonds is 5. The predicted octanol–water partition coefficient (Wildman–Crippen LogP) is 4.61. The molecule has 0 fully saturated rings. The van der Waals surface area contributed by atoms with Crippen LogP contribution in [0.1, 0.15) is 21.5 Å². The van der Waals surface area contributed by atoms with Gasteiger partial charge >= 0.3 is 5.97 Å². The van der Waals surface area contributed by atoms with Crippen LogP contribution in [-0.4, -0.2) is 11.1 Å². The van der Waals surface area contributed by atoms with Gasteiger partial charge in [-0.05, 0) is 29.8 Å². The Bertz CT molecular complexity index is 611. The van der Waals surface area contributed by atoms with E-state index in [9.17, 15) is 9.18 Å². The first-order valence-electron chi connectivity index (χ1n) is 5.91. The van der Waals surface area contributed by atoms with Crippen molar-refractivity contribution in [2.24, 2.45) is 0 Å². The van der Waals surface area contributed by atoms with Gasteiger partial charge in [0.1, 0.15) is 5.82 Å². The van der Waals surface area contributed by atoms with Gasteiger partial charge in [-0.25, -0.2) is 9.18 Å². The molecule has 2 aromatic carbocycles. The summed E-state index contributed by atoms with van der Waals surface area (Å²) in [6, 6.07) is 11.3. The number of benzene rings is 2. The van der Waals surface area contributed by atoms with Crippen LogP contribution in [0.25, 0.3) is 0 Å². The summed E-state index contributed by atoms with van der Waals surface area (Å²) in [6.45, 7) is 0. The molecular formula is C15H12ClFO2S. The Morgan fingerprint density at radius 1 is 1.20 bits per heavy atom. The molecule has 0 amide bonds. The van der Waals surface area contributed by atoms with Crippen molar-refractivity contribution in [3.8, 4) is 0 Å². The van der Waals surface area contributed by atoms with Crippen molar-refractivity contribution in [3.05, 3.63) is 70.0 Å². The molecule has 0 atom stereocenters. The number of hydrogen-bond acceptors (Lipinski definition) is 2. The van der Waals surface area contributed by atoms with Gasteiger partial charge in [0.05, 0.1) is 5.56 Å². The molecule has 0 saturated heterocycles. The molecule has 5 heteroatoms. The Morgan fingerprint density at radius 3 is 2.65 bits per heavy atom. The number of aromatic carboxylic acids is 1. The van der Waals surface area contributed by atoms with Crippen molar-refractivity contribution in [1.82, 2.24) is 0 Å². The number of halogens is 2. The second-order valence-corrected chi connectivity index (χ2v) is 5.59. The fourth-order valence-corrected chi connectivity index (χ4v) is 3.06. The quantitative estimate of drug-likeness (QED) is 0.876. The second kappa shape index (κ2) is 6.77. The summed E-state index contributed by atoms with van der Waals surface area (Å²) in [4.78, 5) is 10.9. The molecule has 2 nitrogen and oxygen atoms in total. The number of thioether (sulfide) groups is 1. The highest BCUT2D eigenvalue weighted by molar-refractivity contribution is 7.97. The number of carbonyl (C=O) groups is 1. The highest BCUT2D eigenvalue weighted by Gasteiger charge is 2.07. The van der Waals surface area contributed by atoms with Crippen LogP contribution in [0.2, 0.25) is 5.02 Å². The Kier molecular flexibility index (Phi) is 5.04. The van der Waals surface area contributed by atoms with E-state index in [1.807, 2.05) is 6.07 Å². The molecule has 1 N–H and O–H groups in total. The van der Waals surface area contributed by atoms with E-state index in [0.29, 0.717) is 22.1 Å². The lowest BCUT2D eigenvalue weighted by molar-refractivity contribution is 0.0697. The van der Waals surface area contributed by atoms with E-state index in [4.69, 9.17) is 16.7 Å². The fourth-order valence-electron chi connectivity index (χ4n) is 1.74. The maximum Gasteiger partial charge on any atom is 0.335 e. The smallest absolute Gasteiger partial charge is 0.335 e. The van der Waals surface area contributed by atoms with Gasteiger partial charge < -0.3 is 5.11 Å². The lowest BCUT2D eigenvalue weighted by atomic mass is 10.1. The van der Waals surface area contributed by atoms with E-state index >= 15 is 0 Å². The first-order chi connectivity index (χ1) is 9.58. The maximum absolute atomic E-state index is 13.6. The van der Waals surface area contributed by atoms with E-state index in [-0.39, 0.29) is 11.4 Å². The Labute approximate surface area is 125 Å². The first kappa shape index (κ1) is 14.9. The predicted molar refractivity (Wildman–Crippen MR) is 79.8 cm³/mol. The van der Waals surface area contributed by atoms with Crippen molar-refractivity contribution in [2.45, 2.75) is 11.5 Å². The Balaban J connectivity index is 1.99. The van der Waals surface area contributed by atoms with Gasteiger partial charge in [0.15, 0.2) is 0 Å². The number of carboxylic acids is 1. The van der Waals surface area contributed by atoms with Gasteiger partial charge in [0.2, 0.25) is 0 Å².